The molecular weight excluding hydrogens is 300 g/mol. The molecule has 2 unspecified atom stereocenters. The third kappa shape index (κ3) is 4.82. The van der Waals surface area contributed by atoms with Crippen LogP contribution >= 0.6 is 0 Å². The highest BCUT2D eigenvalue weighted by Gasteiger charge is 2.18. The summed E-state index contributed by atoms with van der Waals surface area (Å²) in [6.07, 6.45) is 2.87. The highest BCUT2D eigenvalue weighted by atomic mass is 16.5. The Bertz CT molecular complexity index is 660. The summed E-state index contributed by atoms with van der Waals surface area (Å²) in [7, 11) is 0. The zero-order valence-electron chi connectivity index (χ0n) is 15.0. The van der Waals surface area contributed by atoms with Crippen LogP contribution in [0.15, 0.2) is 48.8 Å². The van der Waals surface area contributed by atoms with Crippen LogP contribution in [-0.4, -0.2) is 17.0 Å². The van der Waals surface area contributed by atoms with E-state index in [1.807, 2.05) is 43.3 Å². The van der Waals surface area contributed by atoms with Crippen molar-refractivity contribution < 1.29 is 9.53 Å². The van der Waals surface area contributed by atoms with Gasteiger partial charge in [-0.05, 0) is 54.7 Å². The van der Waals surface area contributed by atoms with Crippen molar-refractivity contribution in [3.8, 4) is 5.75 Å². The van der Waals surface area contributed by atoms with Crippen molar-refractivity contribution in [2.24, 2.45) is 0 Å². The number of carbonyl (C=O) groups is 1. The molecule has 2 aromatic rings. The van der Waals surface area contributed by atoms with E-state index >= 15 is 0 Å². The van der Waals surface area contributed by atoms with Gasteiger partial charge < -0.3 is 10.1 Å². The predicted octanol–water partition coefficient (Wildman–Crippen LogP) is 4.02. The summed E-state index contributed by atoms with van der Waals surface area (Å²) >= 11 is 0. The first-order chi connectivity index (χ1) is 11.3. The molecule has 2 rings (SSSR count). The summed E-state index contributed by atoms with van der Waals surface area (Å²) in [5.41, 5.74) is 2.35. The molecule has 24 heavy (non-hydrogen) atoms. The number of ether oxygens (including phenoxy) is 1. The molecule has 1 heterocycles. The van der Waals surface area contributed by atoms with Gasteiger partial charge in [-0.1, -0.05) is 32.9 Å². The fourth-order valence-electron chi connectivity index (χ4n) is 2.36. The van der Waals surface area contributed by atoms with Gasteiger partial charge in [-0.25, -0.2) is 0 Å². The number of nitrogens with one attached hydrogen (secondary N) is 1. The molecule has 0 saturated carbocycles. The van der Waals surface area contributed by atoms with Gasteiger partial charge in [0, 0.05) is 12.4 Å². The number of hydrogen-bond donors (Lipinski definition) is 1. The summed E-state index contributed by atoms with van der Waals surface area (Å²) in [5.74, 6) is 0.557. The molecule has 0 aliphatic heterocycles. The molecule has 1 amide bonds. The Morgan fingerprint density at radius 2 is 1.62 bits per heavy atom. The van der Waals surface area contributed by atoms with Crippen LogP contribution in [0.3, 0.4) is 0 Å². The smallest absolute Gasteiger partial charge is 0.261 e. The van der Waals surface area contributed by atoms with E-state index in [1.165, 1.54) is 5.56 Å². The summed E-state index contributed by atoms with van der Waals surface area (Å²) < 4.78 is 5.76. The lowest BCUT2D eigenvalue weighted by molar-refractivity contribution is -0.127. The van der Waals surface area contributed by atoms with Crippen LogP contribution in [0.5, 0.6) is 5.75 Å². The van der Waals surface area contributed by atoms with E-state index in [4.69, 9.17) is 4.74 Å². The molecule has 1 aromatic carbocycles. The van der Waals surface area contributed by atoms with Gasteiger partial charge in [-0.15, -0.1) is 0 Å². The van der Waals surface area contributed by atoms with Gasteiger partial charge in [0.15, 0.2) is 6.10 Å². The Kier molecular flexibility index (Phi) is 5.60. The number of pyridine rings is 1. The van der Waals surface area contributed by atoms with Gasteiger partial charge in [-0.2, -0.15) is 0 Å². The van der Waals surface area contributed by atoms with Crippen LogP contribution in [-0.2, 0) is 10.2 Å². The molecule has 0 aliphatic rings. The Hall–Kier alpha value is -2.36. The summed E-state index contributed by atoms with van der Waals surface area (Å²) in [4.78, 5) is 16.3. The van der Waals surface area contributed by atoms with Gasteiger partial charge in [-0.3, -0.25) is 9.78 Å². The number of rotatable bonds is 5. The minimum absolute atomic E-state index is 0.0881. The molecule has 128 valence electrons. The lowest BCUT2D eigenvalue weighted by atomic mass is 9.87. The number of hydrogen-bond acceptors (Lipinski definition) is 3. The number of amides is 1. The largest absolute Gasteiger partial charge is 0.481 e. The topological polar surface area (TPSA) is 51.2 Å². The molecule has 0 radical (unpaired) electrons. The monoisotopic (exact) mass is 326 g/mol. The lowest BCUT2D eigenvalue weighted by Gasteiger charge is -2.21. The third-order valence-electron chi connectivity index (χ3n) is 3.97. The SMILES string of the molecule is CC(Oc1ccc(C(C)(C)C)cc1)C(=O)NC(C)c1ccncc1. The van der Waals surface area contributed by atoms with Crippen molar-refractivity contribution in [2.75, 3.05) is 0 Å². The second kappa shape index (κ2) is 7.47. The van der Waals surface area contributed by atoms with E-state index in [0.717, 1.165) is 5.56 Å². The highest BCUT2D eigenvalue weighted by Crippen LogP contribution is 2.24. The van der Waals surface area contributed by atoms with E-state index in [-0.39, 0.29) is 17.4 Å². The van der Waals surface area contributed by atoms with Crippen LogP contribution < -0.4 is 10.1 Å². The maximum atomic E-state index is 12.3. The average Bonchev–Trinajstić information content (AvgIpc) is 2.55. The Morgan fingerprint density at radius 3 is 2.17 bits per heavy atom. The van der Waals surface area contributed by atoms with E-state index in [2.05, 4.69) is 31.1 Å². The zero-order chi connectivity index (χ0) is 17.7. The first-order valence-electron chi connectivity index (χ1n) is 8.25. The second-order valence-electron chi connectivity index (χ2n) is 7.05. The number of carbonyl (C=O) groups excluding carboxylic acids is 1. The Morgan fingerprint density at radius 1 is 1.04 bits per heavy atom. The quantitative estimate of drug-likeness (QED) is 0.903. The van der Waals surface area contributed by atoms with Crippen LogP contribution in [0.4, 0.5) is 0 Å². The van der Waals surface area contributed by atoms with Gasteiger partial charge >= 0.3 is 0 Å². The maximum absolute atomic E-state index is 12.3. The molecule has 1 N–H and O–H groups in total. The maximum Gasteiger partial charge on any atom is 0.261 e. The molecule has 4 nitrogen and oxygen atoms in total. The molecule has 0 spiro atoms. The molecule has 2 atom stereocenters. The molecule has 0 fully saturated rings. The van der Waals surface area contributed by atoms with Crippen molar-refractivity contribution in [3.05, 3.63) is 59.9 Å². The van der Waals surface area contributed by atoms with Crippen molar-refractivity contribution in [3.63, 3.8) is 0 Å². The third-order valence-corrected chi connectivity index (χ3v) is 3.97. The van der Waals surface area contributed by atoms with Gasteiger partial charge in [0.2, 0.25) is 0 Å². The van der Waals surface area contributed by atoms with Crippen molar-refractivity contribution in [1.82, 2.24) is 10.3 Å². The molecule has 0 saturated heterocycles. The minimum atomic E-state index is -0.560. The number of benzene rings is 1. The van der Waals surface area contributed by atoms with E-state index in [1.54, 1.807) is 19.3 Å². The predicted molar refractivity (Wildman–Crippen MR) is 96.0 cm³/mol. The van der Waals surface area contributed by atoms with E-state index in [0.29, 0.717) is 5.75 Å². The highest BCUT2D eigenvalue weighted by molar-refractivity contribution is 5.81. The minimum Gasteiger partial charge on any atom is -0.481 e. The fraction of sp³-hybridized carbons (Fsp3) is 0.400. The normalized spacial score (nSPS) is 13.9. The lowest BCUT2D eigenvalue weighted by Crippen LogP contribution is -2.37. The van der Waals surface area contributed by atoms with Crippen molar-refractivity contribution in [2.45, 2.75) is 52.2 Å². The summed E-state index contributed by atoms with van der Waals surface area (Å²) in [6.45, 7) is 10.2. The van der Waals surface area contributed by atoms with Crippen LogP contribution in [0.25, 0.3) is 0 Å². The first-order valence-corrected chi connectivity index (χ1v) is 8.25. The second-order valence-corrected chi connectivity index (χ2v) is 7.05. The van der Waals surface area contributed by atoms with Crippen LogP contribution in [0.2, 0.25) is 0 Å². The number of nitrogens with zero attached hydrogens (tertiary/aromatic N) is 1. The molecular formula is C20H26N2O2. The van der Waals surface area contributed by atoms with E-state index in [9.17, 15) is 4.79 Å². The fourth-order valence-corrected chi connectivity index (χ4v) is 2.36. The van der Waals surface area contributed by atoms with Gasteiger partial charge in [0.1, 0.15) is 5.75 Å². The van der Waals surface area contributed by atoms with Crippen molar-refractivity contribution in [1.29, 1.82) is 0 Å². The Balaban J connectivity index is 1.94. The molecule has 0 bridgehead atoms. The van der Waals surface area contributed by atoms with Crippen LogP contribution in [0.1, 0.15) is 51.8 Å². The van der Waals surface area contributed by atoms with Crippen molar-refractivity contribution >= 4 is 5.91 Å². The summed E-state index contributed by atoms with van der Waals surface area (Å²) in [5, 5.41) is 2.96. The van der Waals surface area contributed by atoms with Gasteiger partial charge in [0.25, 0.3) is 5.91 Å². The molecule has 1 aromatic heterocycles. The zero-order valence-corrected chi connectivity index (χ0v) is 15.0. The van der Waals surface area contributed by atoms with E-state index < -0.39 is 6.10 Å². The van der Waals surface area contributed by atoms with Gasteiger partial charge in [0.05, 0.1) is 6.04 Å². The van der Waals surface area contributed by atoms with Crippen LogP contribution in [0, 0.1) is 0 Å². The Labute approximate surface area is 144 Å². The average molecular weight is 326 g/mol. The standard InChI is InChI=1S/C20H26N2O2/c1-14(16-10-12-21-13-11-16)22-19(23)15(2)24-18-8-6-17(7-9-18)20(3,4)5/h6-15H,1-5H3,(H,22,23). The molecule has 0 aliphatic carbocycles. The molecule has 4 heteroatoms. The summed E-state index contributed by atoms with van der Waals surface area (Å²) in [6, 6.07) is 11.6. The first kappa shape index (κ1) is 18.0. The number of aromatic nitrogens is 1.